The van der Waals surface area contributed by atoms with Crippen molar-refractivity contribution >= 4 is 6.03 Å². The van der Waals surface area contributed by atoms with Gasteiger partial charge in [0.25, 0.3) is 0 Å². The summed E-state index contributed by atoms with van der Waals surface area (Å²) in [5.41, 5.74) is 1.24. The molecule has 2 atom stereocenters. The van der Waals surface area contributed by atoms with Crippen LogP contribution < -0.4 is 0 Å². The molecule has 0 aromatic heterocycles. The Morgan fingerprint density at radius 3 is 2.86 bits per heavy atom. The standard InChI is InChI=1S/C11H18N2O/c1-8-9-6-4-5-7-10(9)13(3)11(14)12(8)2/h7-9H,4-6H2,1-3H3. The van der Waals surface area contributed by atoms with Crippen LogP contribution in [0.2, 0.25) is 0 Å². The summed E-state index contributed by atoms with van der Waals surface area (Å²) in [5.74, 6) is 0.552. The zero-order chi connectivity index (χ0) is 10.3. The van der Waals surface area contributed by atoms with Gasteiger partial charge in [0.2, 0.25) is 0 Å². The number of hydrogen-bond donors (Lipinski definition) is 0. The normalized spacial score (nSPS) is 32.8. The summed E-state index contributed by atoms with van der Waals surface area (Å²) in [4.78, 5) is 15.5. The highest BCUT2D eigenvalue weighted by atomic mass is 16.2. The first-order valence-corrected chi connectivity index (χ1v) is 5.33. The molecule has 2 unspecified atom stereocenters. The third-order valence-corrected chi connectivity index (χ3v) is 3.62. The molecule has 2 amide bonds. The van der Waals surface area contributed by atoms with Crippen molar-refractivity contribution < 1.29 is 4.79 Å². The van der Waals surface area contributed by atoms with Crippen molar-refractivity contribution in [3.05, 3.63) is 11.8 Å². The molecule has 1 fully saturated rings. The molecule has 1 aliphatic carbocycles. The van der Waals surface area contributed by atoms with Crippen molar-refractivity contribution in [3.63, 3.8) is 0 Å². The lowest BCUT2D eigenvalue weighted by molar-refractivity contribution is 0.115. The molecular formula is C11H18N2O. The van der Waals surface area contributed by atoms with Gasteiger partial charge in [0.1, 0.15) is 0 Å². The lowest BCUT2D eigenvalue weighted by Gasteiger charge is -2.45. The number of allylic oxidation sites excluding steroid dienone is 1. The van der Waals surface area contributed by atoms with Crippen LogP contribution in [0.25, 0.3) is 0 Å². The molecule has 14 heavy (non-hydrogen) atoms. The summed E-state index contributed by atoms with van der Waals surface area (Å²) in [7, 11) is 3.78. The van der Waals surface area contributed by atoms with Gasteiger partial charge in [-0.05, 0) is 26.2 Å². The summed E-state index contributed by atoms with van der Waals surface area (Å²) in [6, 6.07) is 0.479. The van der Waals surface area contributed by atoms with Gasteiger partial charge < -0.3 is 9.80 Å². The van der Waals surface area contributed by atoms with Gasteiger partial charge in [0.05, 0.1) is 0 Å². The minimum atomic E-state index is 0.127. The van der Waals surface area contributed by atoms with Crippen LogP contribution in [-0.2, 0) is 0 Å². The maximum Gasteiger partial charge on any atom is 0.323 e. The average Bonchev–Trinajstić information content (AvgIpc) is 2.23. The average molecular weight is 194 g/mol. The van der Waals surface area contributed by atoms with Gasteiger partial charge in [-0.2, -0.15) is 0 Å². The Labute approximate surface area is 85.4 Å². The number of urea groups is 1. The maximum absolute atomic E-state index is 11.8. The number of nitrogens with zero attached hydrogens (tertiary/aromatic N) is 2. The Balaban J connectivity index is 2.33. The van der Waals surface area contributed by atoms with Crippen molar-refractivity contribution in [2.75, 3.05) is 14.1 Å². The summed E-state index contributed by atoms with van der Waals surface area (Å²) >= 11 is 0. The molecule has 0 aromatic carbocycles. The highest BCUT2D eigenvalue weighted by Crippen LogP contribution is 2.35. The predicted octanol–water partition coefficient (Wildman–Crippen LogP) is 2.06. The lowest BCUT2D eigenvalue weighted by Crippen LogP contribution is -2.54. The van der Waals surface area contributed by atoms with Crippen molar-refractivity contribution in [1.29, 1.82) is 0 Å². The molecule has 0 saturated carbocycles. The molecule has 2 aliphatic rings. The Bertz CT molecular complexity index is 285. The summed E-state index contributed by atoms with van der Waals surface area (Å²) < 4.78 is 0. The van der Waals surface area contributed by atoms with Crippen molar-refractivity contribution in [2.24, 2.45) is 5.92 Å². The third-order valence-electron chi connectivity index (χ3n) is 3.62. The van der Waals surface area contributed by atoms with E-state index in [-0.39, 0.29) is 6.03 Å². The third kappa shape index (κ3) is 1.22. The zero-order valence-corrected chi connectivity index (χ0v) is 9.16. The van der Waals surface area contributed by atoms with Gasteiger partial charge in [0.15, 0.2) is 0 Å². The largest absolute Gasteiger partial charge is 0.324 e. The van der Waals surface area contributed by atoms with Gasteiger partial charge in [-0.1, -0.05) is 6.08 Å². The van der Waals surface area contributed by atoms with Crippen LogP contribution in [0.15, 0.2) is 11.8 Å². The number of carbonyl (C=O) groups excluding carboxylic acids is 1. The Morgan fingerprint density at radius 1 is 1.43 bits per heavy atom. The molecule has 1 saturated heterocycles. The van der Waals surface area contributed by atoms with Gasteiger partial charge in [-0.25, -0.2) is 4.79 Å². The molecule has 2 rings (SSSR count). The summed E-state index contributed by atoms with van der Waals surface area (Å²) in [6.07, 6.45) is 5.83. The Morgan fingerprint density at radius 2 is 2.14 bits per heavy atom. The molecular weight excluding hydrogens is 176 g/mol. The van der Waals surface area contributed by atoms with E-state index in [0.717, 1.165) is 6.42 Å². The SMILES string of the molecule is CC1C2CCCC=C2N(C)C(=O)N1C. The van der Waals surface area contributed by atoms with E-state index >= 15 is 0 Å². The number of amides is 2. The molecule has 78 valence electrons. The van der Waals surface area contributed by atoms with E-state index in [1.165, 1.54) is 18.5 Å². The van der Waals surface area contributed by atoms with Crippen LogP contribution in [-0.4, -0.2) is 36.0 Å². The van der Waals surface area contributed by atoms with E-state index in [1.807, 2.05) is 23.9 Å². The second kappa shape index (κ2) is 3.30. The van der Waals surface area contributed by atoms with Crippen LogP contribution in [0.1, 0.15) is 26.2 Å². The fourth-order valence-corrected chi connectivity index (χ4v) is 2.55. The molecule has 0 radical (unpaired) electrons. The fourth-order valence-electron chi connectivity index (χ4n) is 2.55. The quantitative estimate of drug-likeness (QED) is 0.579. The summed E-state index contributed by atoms with van der Waals surface area (Å²) in [5, 5.41) is 0. The first-order chi connectivity index (χ1) is 6.63. The highest BCUT2D eigenvalue weighted by Gasteiger charge is 2.38. The Kier molecular flexibility index (Phi) is 2.25. The van der Waals surface area contributed by atoms with Crippen molar-refractivity contribution in [1.82, 2.24) is 9.80 Å². The zero-order valence-electron chi connectivity index (χ0n) is 9.16. The van der Waals surface area contributed by atoms with Crippen molar-refractivity contribution in [2.45, 2.75) is 32.2 Å². The van der Waals surface area contributed by atoms with E-state index in [9.17, 15) is 4.79 Å². The van der Waals surface area contributed by atoms with E-state index in [2.05, 4.69) is 13.0 Å². The minimum absolute atomic E-state index is 0.127. The number of rotatable bonds is 0. The molecule has 0 bridgehead atoms. The van der Waals surface area contributed by atoms with Crippen LogP contribution in [0.4, 0.5) is 4.79 Å². The minimum Gasteiger partial charge on any atom is -0.324 e. The van der Waals surface area contributed by atoms with Crippen LogP contribution in [0.3, 0.4) is 0 Å². The number of carbonyl (C=O) groups is 1. The van der Waals surface area contributed by atoms with Crippen LogP contribution in [0.5, 0.6) is 0 Å². The highest BCUT2D eigenvalue weighted by molar-refractivity contribution is 5.77. The van der Waals surface area contributed by atoms with Gasteiger partial charge >= 0.3 is 6.03 Å². The van der Waals surface area contributed by atoms with Crippen LogP contribution >= 0.6 is 0 Å². The molecule has 1 aliphatic heterocycles. The number of fused-ring (bicyclic) bond motifs is 1. The Hall–Kier alpha value is -0.990. The lowest BCUT2D eigenvalue weighted by atomic mass is 9.84. The second-order valence-electron chi connectivity index (χ2n) is 4.36. The van der Waals surface area contributed by atoms with E-state index in [4.69, 9.17) is 0 Å². The molecule has 0 aromatic rings. The molecule has 0 spiro atoms. The molecule has 3 heteroatoms. The maximum atomic E-state index is 11.8. The predicted molar refractivity (Wildman–Crippen MR) is 55.8 cm³/mol. The van der Waals surface area contributed by atoms with Gasteiger partial charge in [0, 0.05) is 31.8 Å². The second-order valence-corrected chi connectivity index (χ2v) is 4.36. The first kappa shape index (κ1) is 9.56. The first-order valence-electron chi connectivity index (χ1n) is 5.33. The van der Waals surface area contributed by atoms with E-state index in [1.54, 1.807) is 0 Å². The van der Waals surface area contributed by atoms with Gasteiger partial charge in [-0.3, -0.25) is 0 Å². The van der Waals surface area contributed by atoms with Gasteiger partial charge in [-0.15, -0.1) is 0 Å². The van der Waals surface area contributed by atoms with E-state index < -0.39 is 0 Å². The smallest absolute Gasteiger partial charge is 0.323 e. The van der Waals surface area contributed by atoms with Crippen LogP contribution in [0, 0.1) is 5.92 Å². The molecule has 1 heterocycles. The molecule has 0 N–H and O–H groups in total. The number of hydrogen-bond acceptors (Lipinski definition) is 1. The molecule has 3 nitrogen and oxygen atoms in total. The van der Waals surface area contributed by atoms with Crippen molar-refractivity contribution in [3.8, 4) is 0 Å². The topological polar surface area (TPSA) is 23.6 Å². The monoisotopic (exact) mass is 194 g/mol. The fraction of sp³-hybridized carbons (Fsp3) is 0.727. The summed E-state index contributed by atoms with van der Waals surface area (Å²) in [6.45, 7) is 2.15. The van der Waals surface area contributed by atoms with E-state index in [0.29, 0.717) is 12.0 Å².